The predicted octanol–water partition coefficient (Wildman–Crippen LogP) is 2.80. The van der Waals surface area contributed by atoms with Crippen molar-refractivity contribution in [2.45, 2.75) is 18.9 Å². The Morgan fingerprint density at radius 1 is 1.28 bits per heavy atom. The average molecular weight is 343 g/mol. The summed E-state index contributed by atoms with van der Waals surface area (Å²) in [6, 6.07) is 8.67. The molecule has 2 heterocycles. The van der Waals surface area contributed by atoms with Crippen LogP contribution in [0, 0.1) is 5.82 Å². The van der Waals surface area contributed by atoms with Gasteiger partial charge < -0.3 is 15.0 Å². The predicted molar refractivity (Wildman–Crippen MR) is 93.1 cm³/mol. The third-order valence-electron chi connectivity index (χ3n) is 4.43. The lowest BCUT2D eigenvalue weighted by Crippen LogP contribution is -2.37. The van der Waals surface area contributed by atoms with Crippen LogP contribution in [-0.2, 0) is 0 Å². The number of methoxy groups -OCH3 is 1. The van der Waals surface area contributed by atoms with Gasteiger partial charge in [0.25, 0.3) is 5.91 Å². The highest BCUT2D eigenvalue weighted by Gasteiger charge is 2.21. The number of nitrogens with one attached hydrogen (secondary N) is 1. The van der Waals surface area contributed by atoms with E-state index >= 15 is 0 Å². The zero-order valence-electron chi connectivity index (χ0n) is 14.2. The highest BCUT2D eigenvalue weighted by atomic mass is 19.1. The van der Waals surface area contributed by atoms with Gasteiger partial charge in [0.1, 0.15) is 11.6 Å². The van der Waals surface area contributed by atoms with Gasteiger partial charge in [0.05, 0.1) is 24.9 Å². The van der Waals surface area contributed by atoms with E-state index < -0.39 is 5.82 Å². The molecule has 1 amide bonds. The molecule has 1 saturated heterocycles. The van der Waals surface area contributed by atoms with Crippen LogP contribution in [0.25, 0.3) is 0 Å². The summed E-state index contributed by atoms with van der Waals surface area (Å²) in [6.07, 6.45) is 4.81. The van der Waals surface area contributed by atoms with Gasteiger partial charge in [-0.15, -0.1) is 0 Å². The number of hydrogen-bond acceptors (Lipinski definition) is 4. The van der Waals surface area contributed by atoms with E-state index in [4.69, 9.17) is 4.74 Å². The van der Waals surface area contributed by atoms with Crippen molar-refractivity contribution >= 4 is 5.91 Å². The minimum atomic E-state index is -0.520. The standard InChI is InChI=1S/C19H22FN3O2/c1-25-17-6-4-14(5-7-17)18(13-23-8-2-3-9-23)22-19(24)15-10-16(20)12-21-11-15/h4-7,10-12,18H,2-3,8-9,13H2,1H3,(H,22,24)/t18-/m1/s1. The minimum absolute atomic E-state index is 0.181. The summed E-state index contributed by atoms with van der Waals surface area (Å²) >= 11 is 0. The molecular formula is C19H22FN3O2. The summed E-state index contributed by atoms with van der Waals surface area (Å²) in [5.41, 5.74) is 1.21. The van der Waals surface area contributed by atoms with Crippen molar-refractivity contribution < 1.29 is 13.9 Å². The molecule has 0 aliphatic carbocycles. The maximum absolute atomic E-state index is 13.3. The fourth-order valence-corrected chi connectivity index (χ4v) is 3.07. The molecule has 1 fully saturated rings. The summed E-state index contributed by atoms with van der Waals surface area (Å²) in [6.45, 7) is 2.79. The summed E-state index contributed by atoms with van der Waals surface area (Å²) in [5.74, 6) is -0.0791. The maximum Gasteiger partial charge on any atom is 0.253 e. The number of hydrogen-bond donors (Lipinski definition) is 1. The van der Waals surface area contributed by atoms with Gasteiger partial charge in [-0.05, 0) is 49.7 Å². The van der Waals surface area contributed by atoms with Crippen molar-refractivity contribution in [1.29, 1.82) is 0 Å². The molecule has 1 aromatic heterocycles. The molecule has 0 radical (unpaired) electrons. The van der Waals surface area contributed by atoms with Gasteiger partial charge >= 0.3 is 0 Å². The Bertz CT molecular complexity index is 715. The topological polar surface area (TPSA) is 54.5 Å². The first-order chi connectivity index (χ1) is 12.2. The lowest BCUT2D eigenvalue weighted by atomic mass is 10.1. The largest absolute Gasteiger partial charge is 0.497 e. The number of aromatic nitrogens is 1. The summed E-state index contributed by atoms with van der Waals surface area (Å²) < 4.78 is 18.5. The number of amides is 1. The monoisotopic (exact) mass is 343 g/mol. The van der Waals surface area contributed by atoms with Gasteiger partial charge in [0, 0.05) is 12.7 Å². The van der Waals surface area contributed by atoms with E-state index in [1.165, 1.54) is 25.1 Å². The van der Waals surface area contributed by atoms with Crippen LogP contribution >= 0.6 is 0 Å². The van der Waals surface area contributed by atoms with Crippen LogP contribution in [-0.4, -0.2) is 42.5 Å². The Hall–Kier alpha value is -2.47. The van der Waals surface area contributed by atoms with E-state index in [9.17, 15) is 9.18 Å². The second kappa shape index (κ2) is 8.07. The van der Waals surface area contributed by atoms with Gasteiger partial charge in [-0.2, -0.15) is 0 Å². The molecule has 0 bridgehead atoms. The molecule has 25 heavy (non-hydrogen) atoms. The van der Waals surface area contributed by atoms with Crippen LogP contribution < -0.4 is 10.1 Å². The summed E-state index contributed by atoms with van der Waals surface area (Å²) in [5, 5.41) is 3.01. The van der Waals surface area contributed by atoms with E-state index in [0.717, 1.165) is 37.1 Å². The second-order valence-corrected chi connectivity index (χ2v) is 6.20. The van der Waals surface area contributed by atoms with Crippen LogP contribution in [0.5, 0.6) is 5.75 Å². The minimum Gasteiger partial charge on any atom is -0.497 e. The number of pyridine rings is 1. The molecular weight excluding hydrogens is 321 g/mol. The Kier molecular flexibility index (Phi) is 5.60. The van der Waals surface area contributed by atoms with Gasteiger partial charge in [-0.3, -0.25) is 9.78 Å². The number of likely N-dealkylation sites (tertiary alicyclic amines) is 1. The van der Waals surface area contributed by atoms with Crippen molar-refractivity contribution in [3.05, 3.63) is 59.7 Å². The van der Waals surface area contributed by atoms with E-state index in [1.54, 1.807) is 7.11 Å². The molecule has 3 rings (SSSR count). The van der Waals surface area contributed by atoms with Crippen LogP contribution in [0.15, 0.2) is 42.7 Å². The molecule has 2 aromatic rings. The third kappa shape index (κ3) is 4.54. The van der Waals surface area contributed by atoms with Crippen LogP contribution in [0.1, 0.15) is 34.8 Å². The number of nitrogens with zero attached hydrogens (tertiary/aromatic N) is 2. The van der Waals surface area contributed by atoms with E-state index in [0.29, 0.717) is 0 Å². The molecule has 0 spiro atoms. The molecule has 1 atom stereocenters. The number of rotatable bonds is 6. The Labute approximate surface area is 146 Å². The fourth-order valence-electron chi connectivity index (χ4n) is 3.07. The third-order valence-corrected chi connectivity index (χ3v) is 4.43. The number of carbonyl (C=O) groups excluding carboxylic acids is 1. The molecule has 1 aromatic carbocycles. The first kappa shape index (κ1) is 17.4. The zero-order valence-corrected chi connectivity index (χ0v) is 14.2. The van der Waals surface area contributed by atoms with E-state index in [1.807, 2.05) is 24.3 Å². The molecule has 1 aliphatic heterocycles. The fraction of sp³-hybridized carbons (Fsp3) is 0.368. The van der Waals surface area contributed by atoms with Crippen molar-refractivity contribution in [2.75, 3.05) is 26.7 Å². The normalized spacial score (nSPS) is 15.8. The quantitative estimate of drug-likeness (QED) is 0.876. The lowest BCUT2D eigenvalue weighted by Gasteiger charge is -2.25. The van der Waals surface area contributed by atoms with Crippen LogP contribution in [0.4, 0.5) is 4.39 Å². The van der Waals surface area contributed by atoms with Crippen molar-refractivity contribution in [3.63, 3.8) is 0 Å². The SMILES string of the molecule is COc1ccc([C@@H](CN2CCCC2)NC(=O)c2cncc(F)c2)cc1. The number of benzene rings is 1. The Balaban J connectivity index is 1.78. The highest BCUT2D eigenvalue weighted by Crippen LogP contribution is 2.21. The maximum atomic E-state index is 13.3. The van der Waals surface area contributed by atoms with Crippen molar-refractivity contribution in [2.24, 2.45) is 0 Å². The zero-order chi connectivity index (χ0) is 17.6. The highest BCUT2D eigenvalue weighted by molar-refractivity contribution is 5.94. The Morgan fingerprint density at radius 2 is 2.00 bits per heavy atom. The molecule has 1 aliphatic rings. The number of ether oxygens (including phenoxy) is 1. The summed E-state index contributed by atoms with van der Waals surface area (Å²) in [4.78, 5) is 18.6. The molecule has 6 heteroatoms. The Morgan fingerprint density at radius 3 is 2.64 bits per heavy atom. The second-order valence-electron chi connectivity index (χ2n) is 6.20. The first-order valence-corrected chi connectivity index (χ1v) is 8.43. The number of halogens is 1. The molecule has 0 saturated carbocycles. The van der Waals surface area contributed by atoms with Crippen molar-refractivity contribution in [3.8, 4) is 5.75 Å². The number of carbonyl (C=O) groups is 1. The van der Waals surface area contributed by atoms with Gasteiger partial charge in [0.15, 0.2) is 0 Å². The van der Waals surface area contributed by atoms with Gasteiger partial charge in [-0.1, -0.05) is 12.1 Å². The molecule has 132 valence electrons. The molecule has 1 N–H and O–H groups in total. The van der Waals surface area contributed by atoms with Gasteiger partial charge in [-0.25, -0.2) is 4.39 Å². The van der Waals surface area contributed by atoms with E-state index in [2.05, 4.69) is 15.2 Å². The molecule has 0 unspecified atom stereocenters. The smallest absolute Gasteiger partial charge is 0.253 e. The molecule has 5 nitrogen and oxygen atoms in total. The first-order valence-electron chi connectivity index (χ1n) is 8.43. The lowest BCUT2D eigenvalue weighted by molar-refractivity contribution is 0.0926. The van der Waals surface area contributed by atoms with E-state index in [-0.39, 0.29) is 17.5 Å². The van der Waals surface area contributed by atoms with Gasteiger partial charge in [0.2, 0.25) is 0 Å². The van der Waals surface area contributed by atoms with Crippen LogP contribution in [0.3, 0.4) is 0 Å². The van der Waals surface area contributed by atoms with Crippen molar-refractivity contribution in [1.82, 2.24) is 15.2 Å². The van der Waals surface area contributed by atoms with Crippen LogP contribution in [0.2, 0.25) is 0 Å². The average Bonchev–Trinajstić information content (AvgIpc) is 3.14. The summed E-state index contributed by atoms with van der Waals surface area (Å²) in [7, 11) is 1.62.